The standard InChI is InChI=1S/C17H21BrN2O3/c1-12-14-11-13(18)3-4-15(14)23-16(12)17(21)19-5-2-6-20-7-9-22-10-8-20/h3-4,11H,2,5-10H2,1H3,(H,19,21). The number of halogens is 1. The largest absolute Gasteiger partial charge is 0.451 e. The van der Waals surface area contributed by atoms with E-state index in [9.17, 15) is 4.79 Å². The predicted octanol–water partition coefficient (Wildman–Crippen LogP) is 2.96. The maximum atomic E-state index is 12.3. The van der Waals surface area contributed by atoms with Crippen molar-refractivity contribution in [3.05, 3.63) is 34.0 Å². The Labute approximate surface area is 144 Å². The van der Waals surface area contributed by atoms with Crippen molar-refractivity contribution in [3.8, 4) is 0 Å². The van der Waals surface area contributed by atoms with Crippen LogP contribution in [0, 0.1) is 6.92 Å². The van der Waals surface area contributed by atoms with Crippen LogP contribution in [-0.2, 0) is 4.74 Å². The molecule has 0 spiro atoms. The molecule has 1 saturated heterocycles. The van der Waals surface area contributed by atoms with Crippen LogP contribution in [-0.4, -0.2) is 50.2 Å². The number of nitrogens with one attached hydrogen (secondary N) is 1. The number of hydrogen-bond acceptors (Lipinski definition) is 4. The van der Waals surface area contributed by atoms with Gasteiger partial charge in [-0.15, -0.1) is 0 Å². The van der Waals surface area contributed by atoms with Gasteiger partial charge in [-0.05, 0) is 38.1 Å². The van der Waals surface area contributed by atoms with Crippen LogP contribution in [0.1, 0.15) is 22.5 Å². The normalized spacial score (nSPS) is 15.9. The van der Waals surface area contributed by atoms with Crippen LogP contribution in [0.4, 0.5) is 0 Å². The third-order valence-corrected chi connectivity index (χ3v) is 4.64. The number of aryl methyl sites for hydroxylation is 1. The molecule has 1 aliphatic rings. The second-order valence-electron chi connectivity index (χ2n) is 5.76. The van der Waals surface area contributed by atoms with Crippen LogP contribution in [0.2, 0.25) is 0 Å². The van der Waals surface area contributed by atoms with Crippen molar-refractivity contribution < 1.29 is 13.9 Å². The average molecular weight is 381 g/mol. The summed E-state index contributed by atoms with van der Waals surface area (Å²) in [6.45, 7) is 7.12. The molecular formula is C17H21BrN2O3. The number of morpholine rings is 1. The number of fused-ring (bicyclic) bond motifs is 1. The van der Waals surface area contributed by atoms with Gasteiger partial charge < -0.3 is 14.5 Å². The number of hydrogen-bond donors (Lipinski definition) is 1. The maximum Gasteiger partial charge on any atom is 0.287 e. The van der Waals surface area contributed by atoms with Crippen molar-refractivity contribution in [2.24, 2.45) is 0 Å². The highest BCUT2D eigenvalue weighted by atomic mass is 79.9. The summed E-state index contributed by atoms with van der Waals surface area (Å²) in [5.74, 6) is 0.265. The van der Waals surface area contributed by atoms with Crippen molar-refractivity contribution in [1.82, 2.24) is 10.2 Å². The van der Waals surface area contributed by atoms with Crippen LogP contribution in [0.5, 0.6) is 0 Å². The maximum absolute atomic E-state index is 12.3. The van der Waals surface area contributed by atoms with Gasteiger partial charge >= 0.3 is 0 Å². The number of amides is 1. The minimum atomic E-state index is -0.142. The number of furan rings is 1. The number of ether oxygens (including phenoxy) is 1. The fourth-order valence-electron chi connectivity index (χ4n) is 2.82. The summed E-state index contributed by atoms with van der Waals surface area (Å²) < 4.78 is 12.0. The van der Waals surface area contributed by atoms with Crippen LogP contribution in [0.25, 0.3) is 11.0 Å². The zero-order chi connectivity index (χ0) is 16.2. The SMILES string of the molecule is Cc1c(C(=O)NCCCN2CCOCC2)oc2ccc(Br)cc12. The first-order valence-corrected chi connectivity index (χ1v) is 8.71. The molecule has 1 amide bonds. The zero-order valence-corrected chi connectivity index (χ0v) is 14.8. The molecule has 6 heteroatoms. The van der Waals surface area contributed by atoms with E-state index in [-0.39, 0.29) is 5.91 Å². The Hall–Kier alpha value is -1.37. The fourth-order valence-corrected chi connectivity index (χ4v) is 3.18. The summed E-state index contributed by atoms with van der Waals surface area (Å²) in [7, 11) is 0. The molecule has 0 saturated carbocycles. The van der Waals surface area contributed by atoms with E-state index in [2.05, 4.69) is 26.1 Å². The summed E-state index contributed by atoms with van der Waals surface area (Å²) >= 11 is 3.45. The van der Waals surface area contributed by atoms with Gasteiger partial charge in [0.05, 0.1) is 13.2 Å². The number of benzene rings is 1. The van der Waals surface area contributed by atoms with Gasteiger partial charge in [0, 0.05) is 35.1 Å². The number of carbonyl (C=O) groups excluding carboxylic acids is 1. The van der Waals surface area contributed by atoms with Gasteiger partial charge in [0.25, 0.3) is 5.91 Å². The van der Waals surface area contributed by atoms with Crippen molar-refractivity contribution in [1.29, 1.82) is 0 Å². The lowest BCUT2D eigenvalue weighted by Crippen LogP contribution is -2.38. The van der Waals surface area contributed by atoms with Gasteiger partial charge in [-0.3, -0.25) is 9.69 Å². The lowest BCUT2D eigenvalue weighted by molar-refractivity contribution is 0.0374. The molecule has 0 aliphatic carbocycles. The lowest BCUT2D eigenvalue weighted by Gasteiger charge is -2.26. The van der Waals surface area contributed by atoms with E-state index in [0.717, 1.165) is 60.3 Å². The van der Waals surface area contributed by atoms with Crippen LogP contribution in [0.15, 0.2) is 27.1 Å². The third kappa shape index (κ3) is 3.94. The Balaban J connectivity index is 1.55. The smallest absolute Gasteiger partial charge is 0.287 e. The van der Waals surface area contributed by atoms with E-state index < -0.39 is 0 Å². The molecule has 2 aromatic rings. The minimum Gasteiger partial charge on any atom is -0.451 e. The molecule has 0 bridgehead atoms. The number of nitrogens with zero attached hydrogens (tertiary/aromatic N) is 1. The Morgan fingerprint density at radius 3 is 2.91 bits per heavy atom. The molecule has 1 aromatic carbocycles. The van der Waals surface area contributed by atoms with E-state index in [1.807, 2.05) is 25.1 Å². The summed E-state index contributed by atoms with van der Waals surface area (Å²) in [6, 6.07) is 5.76. The first kappa shape index (κ1) is 16.5. The molecule has 0 atom stereocenters. The van der Waals surface area contributed by atoms with E-state index in [1.165, 1.54) is 0 Å². The summed E-state index contributed by atoms with van der Waals surface area (Å²) in [6.07, 6.45) is 0.927. The highest BCUT2D eigenvalue weighted by Crippen LogP contribution is 2.27. The van der Waals surface area contributed by atoms with Crippen LogP contribution < -0.4 is 5.32 Å². The summed E-state index contributed by atoms with van der Waals surface area (Å²) in [5.41, 5.74) is 1.62. The molecule has 0 radical (unpaired) electrons. The highest BCUT2D eigenvalue weighted by molar-refractivity contribution is 9.10. The van der Waals surface area contributed by atoms with Gasteiger partial charge in [0.2, 0.25) is 0 Å². The molecule has 1 fully saturated rings. The molecule has 1 aromatic heterocycles. The van der Waals surface area contributed by atoms with Crippen molar-refractivity contribution in [3.63, 3.8) is 0 Å². The first-order chi connectivity index (χ1) is 11.1. The van der Waals surface area contributed by atoms with Crippen molar-refractivity contribution >= 4 is 32.8 Å². The average Bonchev–Trinajstić information content (AvgIpc) is 2.89. The molecule has 0 unspecified atom stereocenters. The molecule has 23 heavy (non-hydrogen) atoms. The van der Waals surface area contributed by atoms with Crippen molar-refractivity contribution in [2.75, 3.05) is 39.4 Å². The van der Waals surface area contributed by atoms with Gasteiger partial charge in [0.15, 0.2) is 5.76 Å². The third-order valence-electron chi connectivity index (χ3n) is 4.14. The van der Waals surface area contributed by atoms with Gasteiger partial charge in [0.1, 0.15) is 5.58 Å². The predicted molar refractivity (Wildman–Crippen MR) is 92.9 cm³/mol. The number of carbonyl (C=O) groups is 1. The Bertz CT molecular complexity index is 692. The topological polar surface area (TPSA) is 54.7 Å². The first-order valence-electron chi connectivity index (χ1n) is 7.92. The van der Waals surface area contributed by atoms with E-state index in [0.29, 0.717) is 12.3 Å². The molecule has 124 valence electrons. The van der Waals surface area contributed by atoms with Crippen molar-refractivity contribution in [2.45, 2.75) is 13.3 Å². The molecule has 1 N–H and O–H groups in total. The Morgan fingerprint density at radius 2 is 2.13 bits per heavy atom. The van der Waals surface area contributed by atoms with Crippen LogP contribution >= 0.6 is 15.9 Å². The molecule has 5 nitrogen and oxygen atoms in total. The number of rotatable bonds is 5. The van der Waals surface area contributed by atoms with Gasteiger partial charge in [-0.25, -0.2) is 0 Å². The van der Waals surface area contributed by atoms with Gasteiger partial charge in [-0.1, -0.05) is 15.9 Å². The Morgan fingerprint density at radius 1 is 1.35 bits per heavy atom. The molecule has 2 heterocycles. The summed E-state index contributed by atoms with van der Waals surface area (Å²) in [4.78, 5) is 14.7. The molecule has 1 aliphatic heterocycles. The minimum absolute atomic E-state index is 0.142. The van der Waals surface area contributed by atoms with E-state index in [4.69, 9.17) is 9.15 Å². The quantitative estimate of drug-likeness (QED) is 0.810. The second kappa shape index (κ2) is 7.47. The van der Waals surface area contributed by atoms with Gasteiger partial charge in [-0.2, -0.15) is 0 Å². The monoisotopic (exact) mass is 380 g/mol. The Kier molecular flexibility index (Phi) is 5.35. The summed E-state index contributed by atoms with van der Waals surface area (Å²) in [5, 5.41) is 3.92. The lowest BCUT2D eigenvalue weighted by atomic mass is 10.1. The molecule has 3 rings (SSSR count). The van der Waals surface area contributed by atoms with E-state index >= 15 is 0 Å². The molecular weight excluding hydrogens is 360 g/mol. The zero-order valence-electron chi connectivity index (χ0n) is 13.2. The second-order valence-corrected chi connectivity index (χ2v) is 6.68. The highest BCUT2D eigenvalue weighted by Gasteiger charge is 2.17. The van der Waals surface area contributed by atoms with Crippen LogP contribution in [0.3, 0.4) is 0 Å². The van der Waals surface area contributed by atoms with E-state index in [1.54, 1.807) is 0 Å². The fraction of sp³-hybridized carbons (Fsp3) is 0.471.